The third-order valence-corrected chi connectivity index (χ3v) is 5.07. The molecular weight excluding hydrogens is 344 g/mol. The summed E-state index contributed by atoms with van der Waals surface area (Å²) in [6, 6.07) is 1.91. The SMILES string of the molecule is CC(=O)N(Cc1cncnc1)C1CCCN(C(=O)c2cc(C)oc2C)CC1. The molecule has 7 nitrogen and oxygen atoms in total. The molecule has 0 aliphatic carbocycles. The first-order valence-electron chi connectivity index (χ1n) is 9.33. The van der Waals surface area contributed by atoms with Gasteiger partial charge in [-0.3, -0.25) is 9.59 Å². The topological polar surface area (TPSA) is 79.5 Å². The third-order valence-electron chi connectivity index (χ3n) is 5.07. The summed E-state index contributed by atoms with van der Waals surface area (Å²) >= 11 is 0. The van der Waals surface area contributed by atoms with E-state index in [9.17, 15) is 9.59 Å². The number of aromatic nitrogens is 2. The lowest BCUT2D eigenvalue weighted by molar-refractivity contribution is -0.132. The molecule has 1 fully saturated rings. The third kappa shape index (κ3) is 4.53. The van der Waals surface area contributed by atoms with Crippen molar-refractivity contribution in [2.75, 3.05) is 13.1 Å². The zero-order chi connectivity index (χ0) is 19.4. The molecule has 7 heteroatoms. The van der Waals surface area contributed by atoms with Crippen LogP contribution in [0, 0.1) is 13.8 Å². The maximum absolute atomic E-state index is 12.9. The van der Waals surface area contributed by atoms with Crippen LogP contribution in [-0.4, -0.2) is 50.7 Å². The first-order chi connectivity index (χ1) is 13.0. The van der Waals surface area contributed by atoms with E-state index >= 15 is 0 Å². The van der Waals surface area contributed by atoms with E-state index in [1.165, 1.54) is 6.33 Å². The monoisotopic (exact) mass is 370 g/mol. The fourth-order valence-electron chi connectivity index (χ4n) is 3.71. The van der Waals surface area contributed by atoms with E-state index in [0.717, 1.165) is 30.6 Å². The highest BCUT2D eigenvalue weighted by atomic mass is 16.3. The molecule has 0 bridgehead atoms. The second-order valence-corrected chi connectivity index (χ2v) is 7.10. The first kappa shape index (κ1) is 19.1. The van der Waals surface area contributed by atoms with Gasteiger partial charge in [-0.2, -0.15) is 0 Å². The van der Waals surface area contributed by atoms with Gasteiger partial charge in [0.2, 0.25) is 5.91 Å². The Morgan fingerprint density at radius 3 is 2.59 bits per heavy atom. The molecule has 2 aromatic heterocycles. The van der Waals surface area contributed by atoms with Crippen molar-refractivity contribution >= 4 is 11.8 Å². The van der Waals surface area contributed by atoms with Gasteiger partial charge in [0.25, 0.3) is 5.91 Å². The normalized spacial score (nSPS) is 17.4. The van der Waals surface area contributed by atoms with Crippen LogP contribution in [0.5, 0.6) is 0 Å². The summed E-state index contributed by atoms with van der Waals surface area (Å²) in [7, 11) is 0. The summed E-state index contributed by atoms with van der Waals surface area (Å²) in [6.07, 6.45) is 7.45. The molecule has 27 heavy (non-hydrogen) atoms. The minimum Gasteiger partial charge on any atom is -0.466 e. The summed E-state index contributed by atoms with van der Waals surface area (Å²) in [4.78, 5) is 36.9. The predicted octanol–water partition coefficient (Wildman–Crippen LogP) is 2.73. The van der Waals surface area contributed by atoms with Crippen molar-refractivity contribution in [3.63, 3.8) is 0 Å². The number of furan rings is 1. The summed E-state index contributed by atoms with van der Waals surface area (Å²) in [5, 5.41) is 0. The lowest BCUT2D eigenvalue weighted by Crippen LogP contribution is -2.39. The molecule has 1 atom stereocenters. The fraction of sp³-hybridized carbons (Fsp3) is 0.500. The molecule has 2 amide bonds. The molecule has 1 aliphatic rings. The first-order valence-corrected chi connectivity index (χ1v) is 9.33. The highest BCUT2D eigenvalue weighted by Crippen LogP contribution is 2.22. The number of nitrogens with zero attached hydrogens (tertiary/aromatic N) is 4. The van der Waals surface area contributed by atoms with E-state index in [2.05, 4.69) is 9.97 Å². The number of rotatable bonds is 4. The Morgan fingerprint density at radius 1 is 1.22 bits per heavy atom. The Labute approximate surface area is 159 Å². The Morgan fingerprint density at radius 2 is 1.96 bits per heavy atom. The highest BCUT2D eigenvalue weighted by Gasteiger charge is 2.28. The van der Waals surface area contributed by atoms with Crippen LogP contribution in [0.2, 0.25) is 0 Å². The van der Waals surface area contributed by atoms with E-state index in [1.54, 1.807) is 25.4 Å². The van der Waals surface area contributed by atoms with Crippen LogP contribution in [0.3, 0.4) is 0 Å². The van der Waals surface area contributed by atoms with E-state index in [4.69, 9.17) is 4.42 Å². The molecule has 0 N–H and O–H groups in total. The zero-order valence-corrected chi connectivity index (χ0v) is 16.1. The van der Waals surface area contributed by atoms with Gasteiger partial charge in [0, 0.05) is 50.6 Å². The van der Waals surface area contributed by atoms with Crippen molar-refractivity contribution in [3.8, 4) is 0 Å². The zero-order valence-electron chi connectivity index (χ0n) is 16.1. The molecule has 1 unspecified atom stereocenters. The molecule has 0 radical (unpaired) electrons. The Balaban J connectivity index is 1.68. The lowest BCUT2D eigenvalue weighted by atomic mass is 10.1. The number of likely N-dealkylation sites (tertiary alicyclic amines) is 1. The van der Waals surface area contributed by atoms with Crippen LogP contribution in [0.1, 0.15) is 53.6 Å². The summed E-state index contributed by atoms with van der Waals surface area (Å²) in [5.74, 6) is 1.45. The predicted molar refractivity (Wildman–Crippen MR) is 100.0 cm³/mol. The maximum atomic E-state index is 12.9. The molecule has 3 rings (SSSR count). The fourth-order valence-corrected chi connectivity index (χ4v) is 3.71. The van der Waals surface area contributed by atoms with Crippen molar-refractivity contribution in [1.82, 2.24) is 19.8 Å². The maximum Gasteiger partial charge on any atom is 0.257 e. The van der Waals surface area contributed by atoms with E-state index < -0.39 is 0 Å². The second-order valence-electron chi connectivity index (χ2n) is 7.10. The van der Waals surface area contributed by atoms with Gasteiger partial charge in [0.15, 0.2) is 0 Å². The molecule has 2 aromatic rings. The Kier molecular flexibility index (Phi) is 5.88. The smallest absolute Gasteiger partial charge is 0.257 e. The average molecular weight is 370 g/mol. The molecular formula is C20H26N4O3. The van der Waals surface area contributed by atoms with E-state index in [-0.39, 0.29) is 17.9 Å². The van der Waals surface area contributed by atoms with Gasteiger partial charge in [0.1, 0.15) is 17.8 Å². The van der Waals surface area contributed by atoms with Gasteiger partial charge < -0.3 is 14.2 Å². The van der Waals surface area contributed by atoms with Gasteiger partial charge in [-0.05, 0) is 39.2 Å². The summed E-state index contributed by atoms with van der Waals surface area (Å²) < 4.78 is 5.50. The van der Waals surface area contributed by atoms with Crippen molar-refractivity contribution in [3.05, 3.63) is 47.4 Å². The standard InChI is InChI=1S/C20H26N4O3/c1-14-9-19(15(2)27-14)20(26)23-7-4-5-18(6-8-23)24(16(3)25)12-17-10-21-13-22-11-17/h9-11,13,18H,4-8,12H2,1-3H3. The number of carbonyl (C=O) groups excluding carboxylic acids is 2. The van der Waals surface area contributed by atoms with Gasteiger partial charge >= 0.3 is 0 Å². The van der Waals surface area contributed by atoms with Crippen molar-refractivity contribution in [1.29, 1.82) is 0 Å². The highest BCUT2D eigenvalue weighted by molar-refractivity contribution is 5.95. The number of hydrogen-bond acceptors (Lipinski definition) is 5. The molecule has 1 saturated heterocycles. The van der Waals surface area contributed by atoms with Crippen molar-refractivity contribution in [2.24, 2.45) is 0 Å². The van der Waals surface area contributed by atoms with Gasteiger partial charge in [-0.1, -0.05) is 0 Å². The van der Waals surface area contributed by atoms with Crippen LogP contribution in [0.15, 0.2) is 29.2 Å². The van der Waals surface area contributed by atoms with Crippen molar-refractivity contribution in [2.45, 2.75) is 52.6 Å². The van der Waals surface area contributed by atoms with Crippen LogP contribution in [0.25, 0.3) is 0 Å². The molecule has 0 saturated carbocycles. The van der Waals surface area contributed by atoms with Crippen molar-refractivity contribution < 1.29 is 14.0 Å². The van der Waals surface area contributed by atoms with Crippen LogP contribution in [-0.2, 0) is 11.3 Å². The Hall–Kier alpha value is -2.70. The lowest BCUT2D eigenvalue weighted by Gasteiger charge is -2.30. The Bertz CT molecular complexity index is 803. The molecule has 1 aliphatic heterocycles. The number of amides is 2. The molecule has 0 spiro atoms. The number of aryl methyl sites for hydroxylation is 2. The molecule has 0 aromatic carbocycles. The summed E-state index contributed by atoms with van der Waals surface area (Å²) in [5.41, 5.74) is 1.55. The number of hydrogen-bond donors (Lipinski definition) is 0. The van der Waals surface area contributed by atoms with Gasteiger partial charge in [0.05, 0.1) is 5.56 Å². The average Bonchev–Trinajstić information content (AvgIpc) is 2.84. The van der Waals surface area contributed by atoms with Gasteiger partial charge in [-0.15, -0.1) is 0 Å². The minimum atomic E-state index is 0.0100. The largest absolute Gasteiger partial charge is 0.466 e. The van der Waals surface area contributed by atoms with E-state index in [0.29, 0.717) is 31.0 Å². The number of carbonyl (C=O) groups is 2. The van der Waals surface area contributed by atoms with Crippen LogP contribution < -0.4 is 0 Å². The quantitative estimate of drug-likeness (QED) is 0.827. The summed E-state index contributed by atoms with van der Waals surface area (Å²) in [6.45, 7) is 7.08. The minimum absolute atomic E-state index is 0.0100. The molecule has 3 heterocycles. The van der Waals surface area contributed by atoms with Gasteiger partial charge in [-0.25, -0.2) is 9.97 Å². The van der Waals surface area contributed by atoms with Crippen LogP contribution >= 0.6 is 0 Å². The second kappa shape index (κ2) is 8.33. The van der Waals surface area contributed by atoms with Crippen LogP contribution in [0.4, 0.5) is 0 Å². The van der Waals surface area contributed by atoms with E-state index in [1.807, 2.05) is 23.6 Å². The molecule has 144 valence electrons.